The van der Waals surface area contributed by atoms with Gasteiger partial charge in [-0.1, -0.05) is 19.9 Å². The van der Waals surface area contributed by atoms with E-state index in [-0.39, 0.29) is 16.7 Å². The van der Waals surface area contributed by atoms with Gasteiger partial charge in [-0.15, -0.1) is 0 Å². The Morgan fingerprint density at radius 2 is 1.68 bits per heavy atom. The molecule has 1 N–H and O–H groups in total. The van der Waals surface area contributed by atoms with Gasteiger partial charge in [-0.2, -0.15) is 0 Å². The van der Waals surface area contributed by atoms with Crippen molar-refractivity contribution in [3.05, 3.63) is 48.0 Å². The van der Waals surface area contributed by atoms with Gasteiger partial charge >= 0.3 is 0 Å². The van der Waals surface area contributed by atoms with Gasteiger partial charge in [-0.3, -0.25) is 4.79 Å². The summed E-state index contributed by atoms with van der Waals surface area (Å²) in [5, 5.41) is 0. The predicted octanol–water partition coefficient (Wildman–Crippen LogP) is 3.65. The Morgan fingerprint density at radius 1 is 0.968 bits per heavy atom. The molecule has 2 aliphatic heterocycles. The van der Waals surface area contributed by atoms with Crippen molar-refractivity contribution in [1.82, 2.24) is 4.72 Å². The third kappa shape index (κ3) is 4.70. The summed E-state index contributed by atoms with van der Waals surface area (Å²) in [6, 6.07) is 11.6. The van der Waals surface area contributed by atoms with Crippen LogP contribution in [0.15, 0.2) is 47.4 Å². The number of nitrogens with zero attached hydrogens (tertiary/aromatic N) is 1. The summed E-state index contributed by atoms with van der Waals surface area (Å²) in [7, 11) is -3.76. The molecule has 31 heavy (non-hydrogen) atoms. The summed E-state index contributed by atoms with van der Waals surface area (Å²) in [5.41, 5.74) is 1.55. The van der Waals surface area contributed by atoms with E-state index in [0.717, 1.165) is 24.1 Å². The molecule has 4 rings (SSSR count). The maximum atomic E-state index is 13.1. The van der Waals surface area contributed by atoms with Crippen LogP contribution in [0.4, 0.5) is 5.69 Å². The minimum Gasteiger partial charge on any atom is -0.490 e. The van der Waals surface area contributed by atoms with Crippen LogP contribution in [-0.2, 0) is 14.8 Å². The summed E-state index contributed by atoms with van der Waals surface area (Å²) in [6.45, 7) is 5.78. The van der Waals surface area contributed by atoms with Gasteiger partial charge in [0.2, 0.25) is 15.9 Å². The van der Waals surface area contributed by atoms with E-state index in [0.29, 0.717) is 37.7 Å². The SMILES string of the molecule is CC(C)[C@@H](NS(=O)(=O)c1ccc(N2CCCC2=O)cc1)c1ccc2c(c1)OCCCO2. The zero-order valence-electron chi connectivity index (χ0n) is 17.8. The van der Waals surface area contributed by atoms with E-state index in [1.807, 2.05) is 32.0 Å². The fourth-order valence-electron chi connectivity index (χ4n) is 3.92. The molecule has 0 bridgehead atoms. The maximum Gasteiger partial charge on any atom is 0.241 e. The molecule has 1 atom stereocenters. The first-order valence-corrected chi connectivity index (χ1v) is 12.2. The lowest BCUT2D eigenvalue weighted by molar-refractivity contribution is -0.117. The van der Waals surface area contributed by atoms with Gasteiger partial charge in [0.05, 0.1) is 18.1 Å². The van der Waals surface area contributed by atoms with Crippen LogP contribution < -0.4 is 19.1 Å². The molecule has 0 spiro atoms. The lowest BCUT2D eigenvalue weighted by atomic mass is 9.97. The Balaban J connectivity index is 1.56. The lowest BCUT2D eigenvalue weighted by Gasteiger charge is -2.24. The second-order valence-corrected chi connectivity index (χ2v) is 9.96. The van der Waals surface area contributed by atoms with E-state index in [4.69, 9.17) is 9.47 Å². The Bertz CT molecular complexity index is 1050. The van der Waals surface area contributed by atoms with Crippen LogP contribution in [0.2, 0.25) is 0 Å². The van der Waals surface area contributed by atoms with Gasteiger partial charge in [0.25, 0.3) is 0 Å². The highest BCUT2D eigenvalue weighted by Crippen LogP contribution is 2.35. The van der Waals surface area contributed by atoms with E-state index in [9.17, 15) is 13.2 Å². The number of fused-ring (bicyclic) bond motifs is 1. The van der Waals surface area contributed by atoms with Crippen molar-refractivity contribution in [2.24, 2.45) is 5.92 Å². The van der Waals surface area contributed by atoms with Gasteiger partial charge < -0.3 is 14.4 Å². The van der Waals surface area contributed by atoms with Crippen LogP contribution in [0.25, 0.3) is 0 Å². The molecule has 2 aliphatic rings. The minimum atomic E-state index is -3.76. The predicted molar refractivity (Wildman–Crippen MR) is 118 cm³/mol. The van der Waals surface area contributed by atoms with E-state index >= 15 is 0 Å². The van der Waals surface area contributed by atoms with Crippen molar-refractivity contribution in [1.29, 1.82) is 0 Å². The average molecular weight is 445 g/mol. The standard InChI is InChI=1S/C23H28N2O5S/c1-16(2)23(17-6-11-20-21(15-17)30-14-4-13-29-20)24-31(27,28)19-9-7-18(8-10-19)25-12-3-5-22(25)26/h6-11,15-16,23-24H,3-5,12-14H2,1-2H3/t23-/m1/s1. The number of ether oxygens (including phenoxy) is 2. The number of sulfonamides is 1. The molecule has 7 nitrogen and oxygen atoms in total. The van der Waals surface area contributed by atoms with E-state index in [2.05, 4.69) is 4.72 Å². The second-order valence-electron chi connectivity index (χ2n) is 8.24. The fourth-order valence-corrected chi connectivity index (χ4v) is 5.30. The number of rotatable bonds is 6. The minimum absolute atomic E-state index is 0.0148. The Morgan fingerprint density at radius 3 is 2.32 bits per heavy atom. The van der Waals surface area contributed by atoms with Gasteiger partial charge in [0.1, 0.15) is 0 Å². The van der Waals surface area contributed by atoms with Crippen LogP contribution in [0.1, 0.15) is 44.7 Å². The molecule has 0 aliphatic carbocycles. The number of nitrogens with one attached hydrogen (secondary N) is 1. The highest BCUT2D eigenvalue weighted by molar-refractivity contribution is 7.89. The Kier molecular flexibility index (Phi) is 6.20. The summed E-state index contributed by atoms with van der Waals surface area (Å²) < 4.78 is 40.5. The molecule has 2 aromatic rings. The van der Waals surface area contributed by atoms with Crippen LogP contribution in [0, 0.1) is 5.92 Å². The third-order valence-electron chi connectivity index (χ3n) is 5.61. The van der Waals surface area contributed by atoms with E-state index in [1.165, 1.54) is 0 Å². The normalized spacial score (nSPS) is 17.6. The molecule has 0 aromatic heterocycles. The molecule has 0 unspecified atom stereocenters. The monoisotopic (exact) mass is 444 g/mol. The molecule has 2 heterocycles. The van der Waals surface area contributed by atoms with Crippen molar-refractivity contribution in [3.63, 3.8) is 0 Å². The molecule has 1 fully saturated rings. The van der Waals surface area contributed by atoms with Crippen molar-refractivity contribution in [2.45, 2.75) is 44.0 Å². The fraction of sp³-hybridized carbons (Fsp3) is 0.435. The smallest absolute Gasteiger partial charge is 0.241 e. The van der Waals surface area contributed by atoms with Gasteiger partial charge in [-0.05, 0) is 54.3 Å². The molecule has 166 valence electrons. The maximum absolute atomic E-state index is 13.1. The summed E-state index contributed by atoms with van der Waals surface area (Å²) in [5.74, 6) is 1.40. The Labute approximate surface area is 183 Å². The number of anilines is 1. The van der Waals surface area contributed by atoms with Crippen molar-refractivity contribution >= 4 is 21.6 Å². The number of benzene rings is 2. The number of amides is 1. The molecule has 1 amide bonds. The molecule has 2 aromatic carbocycles. The average Bonchev–Trinajstić information content (AvgIpc) is 3.04. The highest BCUT2D eigenvalue weighted by atomic mass is 32.2. The molecule has 8 heteroatoms. The first-order valence-electron chi connectivity index (χ1n) is 10.7. The van der Waals surface area contributed by atoms with Crippen LogP contribution in [0.3, 0.4) is 0 Å². The topological polar surface area (TPSA) is 84.9 Å². The third-order valence-corrected chi connectivity index (χ3v) is 7.07. The van der Waals surface area contributed by atoms with E-state index < -0.39 is 16.1 Å². The number of hydrogen-bond donors (Lipinski definition) is 1. The van der Waals surface area contributed by atoms with Crippen molar-refractivity contribution in [3.8, 4) is 11.5 Å². The largest absolute Gasteiger partial charge is 0.490 e. The summed E-state index contributed by atoms with van der Waals surface area (Å²) in [4.78, 5) is 13.8. The summed E-state index contributed by atoms with van der Waals surface area (Å²) >= 11 is 0. The lowest BCUT2D eigenvalue weighted by Crippen LogP contribution is -2.32. The highest BCUT2D eigenvalue weighted by Gasteiger charge is 2.26. The van der Waals surface area contributed by atoms with Gasteiger partial charge in [0.15, 0.2) is 11.5 Å². The second kappa shape index (κ2) is 8.88. The quantitative estimate of drug-likeness (QED) is 0.735. The molecule has 0 radical (unpaired) electrons. The van der Waals surface area contributed by atoms with Gasteiger partial charge in [0, 0.05) is 31.1 Å². The molecular weight excluding hydrogens is 416 g/mol. The Hall–Kier alpha value is -2.58. The van der Waals surface area contributed by atoms with Gasteiger partial charge in [-0.25, -0.2) is 13.1 Å². The first kappa shape index (κ1) is 21.6. The van der Waals surface area contributed by atoms with Crippen molar-refractivity contribution in [2.75, 3.05) is 24.7 Å². The van der Waals surface area contributed by atoms with Crippen molar-refractivity contribution < 1.29 is 22.7 Å². The molecule has 1 saturated heterocycles. The number of carbonyl (C=O) groups excluding carboxylic acids is 1. The number of carbonyl (C=O) groups is 1. The zero-order chi connectivity index (χ0) is 22.0. The summed E-state index contributed by atoms with van der Waals surface area (Å²) in [6.07, 6.45) is 2.17. The van der Waals surface area contributed by atoms with Crippen LogP contribution >= 0.6 is 0 Å². The number of hydrogen-bond acceptors (Lipinski definition) is 5. The molecule has 0 saturated carbocycles. The molecular formula is C23H28N2O5S. The van der Waals surface area contributed by atoms with E-state index in [1.54, 1.807) is 29.2 Å². The zero-order valence-corrected chi connectivity index (χ0v) is 18.7. The van der Waals surface area contributed by atoms with Crippen LogP contribution in [-0.4, -0.2) is 34.1 Å². The first-order chi connectivity index (χ1) is 14.8. The van der Waals surface area contributed by atoms with Crippen LogP contribution in [0.5, 0.6) is 11.5 Å².